The van der Waals surface area contributed by atoms with Gasteiger partial charge in [-0.3, -0.25) is 0 Å². The van der Waals surface area contributed by atoms with E-state index in [1.807, 2.05) is 60.0 Å². The van der Waals surface area contributed by atoms with E-state index in [1.54, 1.807) is 11.3 Å². The number of aromatic nitrogens is 1. The third-order valence-corrected chi connectivity index (χ3v) is 3.66. The zero-order valence-corrected chi connectivity index (χ0v) is 11.6. The van der Waals surface area contributed by atoms with Gasteiger partial charge in [0, 0.05) is 16.6 Å². The van der Waals surface area contributed by atoms with Crippen molar-refractivity contribution in [3.8, 4) is 17.0 Å². The van der Waals surface area contributed by atoms with Crippen molar-refractivity contribution in [3.63, 3.8) is 0 Å². The summed E-state index contributed by atoms with van der Waals surface area (Å²) >= 11 is 1.59. The van der Waals surface area contributed by atoms with E-state index < -0.39 is 0 Å². The molecule has 0 saturated carbocycles. The van der Waals surface area contributed by atoms with Crippen molar-refractivity contribution in [2.45, 2.75) is 6.61 Å². The Bertz CT molecular complexity index is 694. The fraction of sp³-hybridized carbons (Fsp3) is 0.0625. The summed E-state index contributed by atoms with van der Waals surface area (Å²) in [6, 6.07) is 17.5. The van der Waals surface area contributed by atoms with E-state index in [-0.39, 0.29) is 0 Å². The first-order valence-corrected chi connectivity index (χ1v) is 7.17. The molecule has 3 aromatic rings. The third kappa shape index (κ3) is 2.97. The Morgan fingerprint density at radius 2 is 1.90 bits per heavy atom. The van der Waals surface area contributed by atoms with Crippen LogP contribution in [0.3, 0.4) is 0 Å². The molecule has 1 aromatic heterocycles. The summed E-state index contributed by atoms with van der Waals surface area (Å²) in [5.74, 6) is 0.855. The van der Waals surface area contributed by atoms with Crippen LogP contribution in [-0.2, 0) is 6.61 Å². The molecule has 1 heterocycles. The minimum absolute atomic E-state index is 0.483. The molecule has 3 nitrogen and oxygen atoms in total. The van der Waals surface area contributed by atoms with E-state index in [1.165, 1.54) is 0 Å². The zero-order chi connectivity index (χ0) is 13.8. The van der Waals surface area contributed by atoms with Crippen molar-refractivity contribution in [1.82, 2.24) is 4.98 Å². The standard InChI is InChI=1S/C16H14N2OS/c17-13-6-4-5-12(9-13)15-11-20-16(18-15)10-19-14-7-2-1-3-8-14/h1-9,11H,10,17H2. The Morgan fingerprint density at radius 1 is 1.05 bits per heavy atom. The molecule has 0 atom stereocenters. The summed E-state index contributed by atoms with van der Waals surface area (Å²) in [6.45, 7) is 0.483. The second-order valence-corrected chi connectivity index (χ2v) is 5.30. The summed E-state index contributed by atoms with van der Waals surface area (Å²) in [7, 11) is 0. The van der Waals surface area contributed by atoms with Crippen LogP contribution >= 0.6 is 11.3 Å². The number of rotatable bonds is 4. The lowest BCUT2D eigenvalue weighted by Crippen LogP contribution is -1.94. The van der Waals surface area contributed by atoms with Crippen LogP contribution in [0.4, 0.5) is 5.69 Å². The van der Waals surface area contributed by atoms with Crippen LogP contribution in [-0.4, -0.2) is 4.98 Å². The molecule has 0 spiro atoms. The first kappa shape index (κ1) is 12.7. The fourth-order valence-electron chi connectivity index (χ4n) is 1.87. The molecule has 0 amide bonds. The van der Waals surface area contributed by atoms with Gasteiger partial charge >= 0.3 is 0 Å². The molecule has 100 valence electrons. The van der Waals surface area contributed by atoms with Gasteiger partial charge in [0.05, 0.1) is 5.69 Å². The Kier molecular flexibility index (Phi) is 3.65. The van der Waals surface area contributed by atoms with Crippen LogP contribution in [0.25, 0.3) is 11.3 Å². The molecule has 0 radical (unpaired) electrons. The van der Waals surface area contributed by atoms with Crippen molar-refractivity contribution in [2.75, 3.05) is 5.73 Å². The number of hydrogen-bond donors (Lipinski definition) is 1. The number of anilines is 1. The Labute approximate surface area is 121 Å². The van der Waals surface area contributed by atoms with Gasteiger partial charge in [-0.1, -0.05) is 30.3 Å². The number of para-hydroxylation sites is 1. The topological polar surface area (TPSA) is 48.1 Å². The maximum atomic E-state index is 5.79. The number of thiazole rings is 1. The van der Waals surface area contributed by atoms with Gasteiger partial charge in [-0.2, -0.15) is 0 Å². The summed E-state index contributed by atoms with van der Waals surface area (Å²) < 4.78 is 5.69. The van der Waals surface area contributed by atoms with E-state index in [0.717, 1.165) is 27.7 Å². The Balaban J connectivity index is 1.71. The van der Waals surface area contributed by atoms with Gasteiger partial charge in [0.2, 0.25) is 0 Å². The molecule has 2 aromatic carbocycles. The minimum atomic E-state index is 0.483. The predicted molar refractivity (Wildman–Crippen MR) is 82.7 cm³/mol. The van der Waals surface area contributed by atoms with Gasteiger partial charge in [0.15, 0.2) is 0 Å². The smallest absolute Gasteiger partial charge is 0.140 e. The van der Waals surface area contributed by atoms with Gasteiger partial charge in [-0.25, -0.2) is 4.98 Å². The molecule has 0 bridgehead atoms. The Morgan fingerprint density at radius 3 is 2.70 bits per heavy atom. The molecule has 2 N–H and O–H groups in total. The van der Waals surface area contributed by atoms with Crippen molar-refractivity contribution < 1.29 is 4.74 Å². The Hall–Kier alpha value is -2.33. The van der Waals surface area contributed by atoms with Gasteiger partial charge in [0.1, 0.15) is 17.4 Å². The number of ether oxygens (including phenoxy) is 1. The van der Waals surface area contributed by atoms with E-state index in [0.29, 0.717) is 6.61 Å². The zero-order valence-electron chi connectivity index (χ0n) is 10.8. The largest absolute Gasteiger partial charge is 0.486 e. The monoisotopic (exact) mass is 282 g/mol. The fourth-order valence-corrected chi connectivity index (χ4v) is 2.58. The number of nitrogens with zero attached hydrogens (tertiary/aromatic N) is 1. The normalized spacial score (nSPS) is 10.4. The molecule has 20 heavy (non-hydrogen) atoms. The highest BCUT2D eigenvalue weighted by atomic mass is 32.1. The van der Waals surface area contributed by atoms with Gasteiger partial charge in [-0.15, -0.1) is 11.3 Å². The van der Waals surface area contributed by atoms with Crippen LogP contribution in [0.5, 0.6) is 5.75 Å². The van der Waals surface area contributed by atoms with Crippen LogP contribution < -0.4 is 10.5 Å². The SMILES string of the molecule is Nc1cccc(-c2csc(COc3ccccc3)n2)c1. The van der Waals surface area contributed by atoms with Crippen molar-refractivity contribution in [2.24, 2.45) is 0 Å². The highest BCUT2D eigenvalue weighted by Gasteiger charge is 2.05. The summed E-state index contributed by atoms with van der Waals surface area (Å²) in [4.78, 5) is 4.57. The third-order valence-electron chi connectivity index (χ3n) is 2.84. The van der Waals surface area contributed by atoms with Crippen LogP contribution in [0.2, 0.25) is 0 Å². The average molecular weight is 282 g/mol. The second kappa shape index (κ2) is 5.75. The molecule has 0 saturated heterocycles. The van der Waals surface area contributed by atoms with Gasteiger partial charge in [0.25, 0.3) is 0 Å². The minimum Gasteiger partial charge on any atom is -0.486 e. The van der Waals surface area contributed by atoms with E-state index in [2.05, 4.69) is 4.98 Å². The lowest BCUT2D eigenvalue weighted by Gasteiger charge is -2.02. The number of nitrogen functional groups attached to an aromatic ring is 1. The van der Waals surface area contributed by atoms with E-state index >= 15 is 0 Å². The number of nitrogens with two attached hydrogens (primary N) is 1. The highest BCUT2D eigenvalue weighted by molar-refractivity contribution is 7.09. The quantitative estimate of drug-likeness (QED) is 0.736. The average Bonchev–Trinajstić information content (AvgIpc) is 2.95. The van der Waals surface area contributed by atoms with Crippen LogP contribution in [0.15, 0.2) is 60.0 Å². The molecule has 0 aliphatic heterocycles. The first-order chi connectivity index (χ1) is 9.81. The predicted octanol–water partition coefficient (Wildman–Crippen LogP) is 3.97. The maximum absolute atomic E-state index is 5.79. The van der Waals surface area contributed by atoms with E-state index in [4.69, 9.17) is 10.5 Å². The first-order valence-electron chi connectivity index (χ1n) is 6.29. The summed E-state index contributed by atoms with van der Waals surface area (Å²) in [5, 5.41) is 2.98. The maximum Gasteiger partial charge on any atom is 0.140 e. The van der Waals surface area contributed by atoms with Crippen molar-refractivity contribution in [1.29, 1.82) is 0 Å². The molecule has 3 rings (SSSR count). The van der Waals surface area contributed by atoms with Gasteiger partial charge in [-0.05, 0) is 24.3 Å². The highest BCUT2D eigenvalue weighted by Crippen LogP contribution is 2.24. The van der Waals surface area contributed by atoms with Crippen LogP contribution in [0, 0.1) is 0 Å². The lowest BCUT2D eigenvalue weighted by molar-refractivity contribution is 0.305. The number of hydrogen-bond acceptors (Lipinski definition) is 4. The van der Waals surface area contributed by atoms with Crippen molar-refractivity contribution in [3.05, 3.63) is 65.0 Å². The summed E-state index contributed by atoms with van der Waals surface area (Å²) in [5.41, 5.74) is 8.51. The lowest BCUT2D eigenvalue weighted by atomic mass is 10.1. The molecular formula is C16H14N2OS. The molecule has 0 aliphatic rings. The molecule has 0 unspecified atom stereocenters. The molecule has 4 heteroatoms. The second-order valence-electron chi connectivity index (χ2n) is 4.35. The van der Waals surface area contributed by atoms with E-state index in [9.17, 15) is 0 Å². The molecule has 0 aliphatic carbocycles. The van der Waals surface area contributed by atoms with Crippen molar-refractivity contribution >= 4 is 17.0 Å². The molecular weight excluding hydrogens is 268 g/mol. The van der Waals surface area contributed by atoms with Gasteiger partial charge < -0.3 is 10.5 Å². The number of benzene rings is 2. The molecule has 0 fully saturated rings. The van der Waals surface area contributed by atoms with Crippen LogP contribution in [0.1, 0.15) is 5.01 Å². The summed E-state index contributed by atoms with van der Waals surface area (Å²) in [6.07, 6.45) is 0.